The molecule has 218 valence electrons. The molecular formula is C29H29ClN6O5S. The van der Waals surface area contributed by atoms with Crippen LogP contribution in [0.5, 0.6) is 11.6 Å². The molecule has 1 amide bonds. The van der Waals surface area contributed by atoms with Gasteiger partial charge in [0.25, 0.3) is 0 Å². The summed E-state index contributed by atoms with van der Waals surface area (Å²) in [5, 5.41) is 12.9. The Morgan fingerprint density at radius 1 is 1.05 bits per heavy atom. The fraction of sp³-hybridized carbons (Fsp3) is 0.241. The Morgan fingerprint density at radius 3 is 2.62 bits per heavy atom. The lowest BCUT2D eigenvalue weighted by Crippen LogP contribution is -2.44. The van der Waals surface area contributed by atoms with Crippen molar-refractivity contribution in [1.29, 1.82) is 0 Å². The third kappa shape index (κ3) is 6.24. The Kier molecular flexibility index (Phi) is 8.74. The van der Waals surface area contributed by atoms with Gasteiger partial charge in [-0.05, 0) is 80.3 Å². The van der Waals surface area contributed by atoms with Gasteiger partial charge < -0.3 is 20.1 Å². The number of amides is 1. The fourth-order valence-corrected chi connectivity index (χ4v) is 5.87. The molecule has 2 aromatic heterocycles. The Bertz CT molecular complexity index is 1690. The van der Waals surface area contributed by atoms with Crippen LogP contribution in [0.1, 0.15) is 24.0 Å². The zero-order chi connectivity index (χ0) is 29.8. The van der Waals surface area contributed by atoms with Crippen molar-refractivity contribution in [2.24, 2.45) is 0 Å². The fourth-order valence-electron chi connectivity index (χ4n) is 4.85. The maximum atomic E-state index is 12.3. The second-order valence-corrected chi connectivity index (χ2v) is 11.1. The highest BCUT2D eigenvalue weighted by Gasteiger charge is 2.24. The van der Waals surface area contributed by atoms with Gasteiger partial charge in [0.05, 0.1) is 27.7 Å². The zero-order valence-electron chi connectivity index (χ0n) is 22.9. The molecule has 0 unspecified atom stereocenters. The normalized spacial score (nSPS) is 15.0. The van der Waals surface area contributed by atoms with E-state index >= 15 is 0 Å². The molecule has 1 aliphatic rings. The largest absolute Gasteiger partial charge is 0.465 e. The third-order valence-corrected chi connectivity index (χ3v) is 8.19. The third-order valence-electron chi connectivity index (χ3n) is 7.12. The Balaban J connectivity index is 1.42. The summed E-state index contributed by atoms with van der Waals surface area (Å²) in [6.45, 7) is 4.53. The molecule has 2 aromatic carbocycles. The van der Waals surface area contributed by atoms with E-state index in [1.54, 1.807) is 60.9 Å². The van der Waals surface area contributed by atoms with E-state index in [1.807, 2.05) is 19.9 Å². The minimum Gasteiger partial charge on any atom is -0.465 e. The summed E-state index contributed by atoms with van der Waals surface area (Å²) in [4.78, 5) is 26.2. The second kappa shape index (κ2) is 12.6. The van der Waals surface area contributed by atoms with Crippen molar-refractivity contribution in [3.05, 3.63) is 83.1 Å². The number of carbonyl (C=O) groups is 1. The molecule has 1 fully saturated rings. The van der Waals surface area contributed by atoms with Crippen molar-refractivity contribution in [2.75, 3.05) is 22.7 Å². The van der Waals surface area contributed by atoms with Gasteiger partial charge in [0.1, 0.15) is 5.75 Å². The minimum atomic E-state index is -3.03. The summed E-state index contributed by atoms with van der Waals surface area (Å²) in [5.41, 5.74) is 3.43. The zero-order valence-corrected chi connectivity index (χ0v) is 24.5. The van der Waals surface area contributed by atoms with Crippen LogP contribution in [0.3, 0.4) is 0 Å². The molecule has 42 heavy (non-hydrogen) atoms. The molecule has 0 saturated carbocycles. The van der Waals surface area contributed by atoms with E-state index < -0.39 is 17.0 Å². The van der Waals surface area contributed by atoms with E-state index in [9.17, 15) is 18.3 Å². The molecular weight excluding hydrogens is 580 g/mol. The number of aromatic nitrogens is 3. The van der Waals surface area contributed by atoms with Gasteiger partial charge in [0, 0.05) is 31.5 Å². The number of para-hydroxylation sites is 1. The first-order valence-corrected chi connectivity index (χ1v) is 14.7. The topological polar surface area (TPSA) is 138 Å². The molecule has 0 spiro atoms. The van der Waals surface area contributed by atoms with E-state index in [0.29, 0.717) is 63.9 Å². The van der Waals surface area contributed by atoms with Gasteiger partial charge in [-0.2, -0.15) is 0 Å². The predicted octanol–water partition coefficient (Wildman–Crippen LogP) is 5.82. The van der Waals surface area contributed by atoms with Crippen molar-refractivity contribution in [3.8, 4) is 22.9 Å². The lowest BCUT2D eigenvalue weighted by molar-refractivity contribution is 0.132. The summed E-state index contributed by atoms with van der Waals surface area (Å²) in [6, 6.07) is 15.4. The lowest BCUT2D eigenvalue weighted by atomic mass is 10.1. The number of nitrogens with one attached hydrogen (secondary N) is 1. The number of likely N-dealkylation sites (tertiary alicyclic amines) is 1. The molecule has 13 heteroatoms. The standard InChI is InChI=1S/C29H29ClN6O5S/c1-18-19(2)26(12-11-24(18)36(42(39)40)25-10-4-3-9-22(25)30)41-27-21(8-5-14-31-27)23-13-15-32-28(34-23)33-20-7-6-16-35(17-20)29(37)38/h3-5,8-15,20,42H,6-7,16-17H2,1-2H3,(H,37,38)(H,32,33,34)/t20-/m0/s1. The van der Waals surface area contributed by atoms with Crippen LogP contribution in [-0.2, 0) is 10.9 Å². The molecule has 0 radical (unpaired) electrons. The van der Waals surface area contributed by atoms with E-state index in [0.717, 1.165) is 18.4 Å². The van der Waals surface area contributed by atoms with Crippen molar-refractivity contribution in [1.82, 2.24) is 19.9 Å². The number of anilines is 3. The average molecular weight is 609 g/mol. The monoisotopic (exact) mass is 608 g/mol. The number of carboxylic acid groups (broad SMARTS) is 1. The number of piperidine rings is 1. The molecule has 1 atom stereocenters. The number of rotatable bonds is 8. The van der Waals surface area contributed by atoms with Crippen LogP contribution in [0.25, 0.3) is 11.3 Å². The quantitative estimate of drug-likeness (QED) is 0.211. The van der Waals surface area contributed by atoms with Gasteiger partial charge in [-0.25, -0.2) is 32.5 Å². The molecule has 2 N–H and O–H groups in total. The summed E-state index contributed by atoms with van der Waals surface area (Å²) < 4.78 is 32.1. The van der Waals surface area contributed by atoms with Gasteiger partial charge in [-0.1, -0.05) is 23.7 Å². The van der Waals surface area contributed by atoms with Crippen molar-refractivity contribution >= 4 is 45.9 Å². The smallest absolute Gasteiger partial charge is 0.407 e. The van der Waals surface area contributed by atoms with Crippen molar-refractivity contribution in [3.63, 3.8) is 0 Å². The van der Waals surface area contributed by atoms with Crippen LogP contribution in [-0.4, -0.2) is 58.6 Å². The maximum absolute atomic E-state index is 12.3. The number of pyridine rings is 1. The molecule has 11 nitrogen and oxygen atoms in total. The summed E-state index contributed by atoms with van der Waals surface area (Å²) >= 11 is 6.32. The first kappa shape index (κ1) is 29.1. The van der Waals surface area contributed by atoms with E-state index in [-0.39, 0.29) is 6.04 Å². The van der Waals surface area contributed by atoms with Crippen LogP contribution in [0, 0.1) is 13.8 Å². The highest BCUT2D eigenvalue weighted by atomic mass is 35.5. The van der Waals surface area contributed by atoms with Crippen LogP contribution < -0.4 is 14.4 Å². The van der Waals surface area contributed by atoms with Crippen molar-refractivity contribution < 1.29 is 23.1 Å². The molecule has 1 aliphatic heterocycles. The molecule has 3 heterocycles. The minimum absolute atomic E-state index is 0.103. The second-order valence-electron chi connectivity index (χ2n) is 9.77. The highest BCUT2D eigenvalue weighted by molar-refractivity contribution is 7.74. The maximum Gasteiger partial charge on any atom is 0.407 e. The lowest BCUT2D eigenvalue weighted by Gasteiger charge is -2.31. The van der Waals surface area contributed by atoms with E-state index in [4.69, 9.17) is 16.3 Å². The van der Waals surface area contributed by atoms with Crippen LogP contribution in [0.15, 0.2) is 67.0 Å². The van der Waals surface area contributed by atoms with Gasteiger partial charge >= 0.3 is 6.09 Å². The van der Waals surface area contributed by atoms with Crippen LogP contribution in [0.2, 0.25) is 5.02 Å². The highest BCUT2D eigenvalue weighted by Crippen LogP contribution is 2.39. The molecule has 5 rings (SSSR count). The first-order chi connectivity index (χ1) is 20.2. The van der Waals surface area contributed by atoms with Crippen LogP contribution in [0.4, 0.5) is 22.1 Å². The molecule has 4 aromatic rings. The SMILES string of the molecule is Cc1c(Oc2ncccc2-c2ccnc(N[C@H]3CCCN(C(=O)O)C3)n2)ccc(N(c2ccccc2Cl)[SH](=O)=O)c1C. The molecule has 0 aliphatic carbocycles. The van der Waals surface area contributed by atoms with E-state index in [2.05, 4.69) is 20.3 Å². The summed E-state index contributed by atoms with van der Waals surface area (Å²) in [5.74, 6) is 1.19. The van der Waals surface area contributed by atoms with Gasteiger partial charge in [0.15, 0.2) is 0 Å². The van der Waals surface area contributed by atoms with E-state index in [1.165, 1.54) is 9.21 Å². The number of halogens is 1. The average Bonchev–Trinajstić information content (AvgIpc) is 2.98. The Morgan fingerprint density at radius 2 is 1.86 bits per heavy atom. The number of benzene rings is 2. The van der Waals surface area contributed by atoms with Crippen LogP contribution >= 0.6 is 11.6 Å². The van der Waals surface area contributed by atoms with Gasteiger partial charge in [-0.3, -0.25) is 0 Å². The number of thiol groups is 1. The molecule has 0 bridgehead atoms. The number of ether oxygens (including phenoxy) is 1. The van der Waals surface area contributed by atoms with Gasteiger partial charge in [0.2, 0.25) is 22.7 Å². The Labute approximate surface area is 249 Å². The molecule has 1 saturated heterocycles. The van der Waals surface area contributed by atoms with Gasteiger partial charge in [-0.15, -0.1) is 0 Å². The predicted molar refractivity (Wildman–Crippen MR) is 161 cm³/mol. The number of hydrogen-bond donors (Lipinski definition) is 3. The summed E-state index contributed by atoms with van der Waals surface area (Å²) in [6.07, 6.45) is 3.85. The summed E-state index contributed by atoms with van der Waals surface area (Å²) in [7, 11) is -3.03. The van der Waals surface area contributed by atoms with Crippen molar-refractivity contribution in [2.45, 2.75) is 32.7 Å². The number of hydrogen-bond acceptors (Lipinski definition) is 8. The Hall–Kier alpha value is -4.42. The number of nitrogens with zero attached hydrogens (tertiary/aromatic N) is 5. The first-order valence-electron chi connectivity index (χ1n) is 13.2.